The number of hydrogen-bond acceptors (Lipinski definition) is 6. The SMILES string of the molecule is CCN(C(=O)O)[C@H]1CN(C(=O)C2CCN(c3cnc(C#N)cn3)CC2)C[C@@H]1c1ccc(Cl)cc1. The van der Waals surface area contributed by atoms with Crippen molar-refractivity contribution in [1.29, 1.82) is 5.26 Å². The number of nitrogens with zero attached hydrogens (tertiary/aromatic N) is 6. The molecule has 2 aromatic rings. The van der Waals surface area contributed by atoms with Crippen molar-refractivity contribution in [2.24, 2.45) is 5.92 Å². The number of nitriles is 1. The third kappa shape index (κ3) is 4.92. The van der Waals surface area contributed by atoms with Crippen LogP contribution in [0, 0.1) is 17.2 Å². The minimum absolute atomic E-state index is 0.0773. The van der Waals surface area contributed by atoms with E-state index in [4.69, 9.17) is 16.9 Å². The average molecular weight is 483 g/mol. The van der Waals surface area contributed by atoms with Crippen molar-refractivity contribution < 1.29 is 14.7 Å². The number of rotatable bonds is 5. The van der Waals surface area contributed by atoms with Gasteiger partial charge in [0.2, 0.25) is 5.91 Å². The molecule has 2 aliphatic rings. The number of likely N-dealkylation sites (N-methyl/N-ethyl adjacent to an activating group) is 1. The highest BCUT2D eigenvalue weighted by Crippen LogP contribution is 2.34. The number of amides is 2. The smallest absolute Gasteiger partial charge is 0.407 e. The summed E-state index contributed by atoms with van der Waals surface area (Å²) in [4.78, 5) is 39.1. The molecule has 0 aliphatic carbocycles. The summed E-state index contributed by atoms with van der Waals surface area (Å²) in [6, 6.07) is 9.10. The van der Waals surface area contributed by atoms with E-state index in [0.717, 1.165) is 5.56 Å². The van der Waals surface area contributed by atoms with E-state index in [0.29, 0.717) is 56.4 Å². The van der Waals surface area contributed by atoms with Crippen molar-refractivity contribution in [2.75, 3.05) is 37.6 Å². The minimum atomic E-state index is -0.974. The molecule has 3 heterocycles. The highest BCUT2D eigenvalue weighted by atomic mass is 35.5. The van der Waals surface area contributed by atoms with Crippen molar-refractivity contribution in [3.05, 3.63) is 52.9 Å². The van der Waals surface area contributed by atoms with Gasteiger partial charge in [0, 0.05) is 49.6 Å². The monoisotopic (exact) mass is 482 g/mol. The molecule has 2 fully saturated rings. The molecule has 2 saturated heterocycles. The van der Waals surface area contributed by atoms with Crippen molar-refractivity contribution in [2.45, 2.75) is 31.7 Å². The van der Waals surface area contributed by atoms with Crippen LogP contribution < -0.4 is 4.90 Å². The Hall–Kier alpha value is -3.38. The molecule has 1 aromatic carbocycles. The molecule has 2 aliphatic heterocycles. The number of carboxylic acid groups (broad SMARTS) is 1. The highest BCUT2D eigenvalue weighted by molar-refractivity contribution is 6.30. The number of likely N-dealkylation sites (tertiary alicyclic amines) is 1. The van der Waals surface area contributed by atoms with Gasteiger partial charge in [-0.15, -0.1) is 0 Å². The molecule has 34 heavy (non-hydrogen) atoms. The molecule has 4 rings (SSSR count). The van der Waals surface area contributed by atoms with Gasteiger partial charge in [-0.2, -0.15) is 5.26 Å². The van der Waals surface area contributed by atoms with E-state index in [1.54, 1.807) is 18.3 Å². The summed E-state index contributed by atoms with van der Waals surface area (Å²) in [5.41, 5.74) is 1.26. The first kappa shape index (κ1) is 23.8. The molecule has 0 bridgehead atoms. The number of halogens is 1. The lowest BCUT2D eigenvalue weighted by Gasteiger charge is -2.33. The summed E-state index contributed by atoms with van der Waals surface area (Å²) in [7, 11) is 0. The number of benzene rings is 1. The topological polar surface area (TPSA) is 114 Å². The molecule has 1 aromatic heterocycles. The van der Waals surface area contributed by atoms with Crippen LogP contribution in [0.5, 0.6) is 0 Å². The van der Waals surface area contributed by atoms with Crippen LogP contribution in [-0.4, -0.2) is 75.6 Å². The fraction of sp³-hybridized carbons (Fsp3) is 0.458. The van der Waals surface area contributed by atoms with Crippen molar-refractivity contribution >= 4 is 29.4 Å². The van der Waals surface area contributed by atoms with Crippen LogP contribution in [-0.2, 0) is 4.79 Å². The lowest BCUT2D eigenvalue weighted by molar-refractivity contribution is -0.135. The Bertz CT molecular complexity index is 1060. The highest BCUT2D eigenvalue weighted by Gasteiger charge is 2.42. The number of carbonyl (C=O) groups excluding carboxylic acids is 1. The number of anilines is 1. The predicted molar refractivity (Wildman–Crippen MR) is 127 cm³/mol. The van der Waals surface area contributed by atoms with Crippen LogP contribution in [0.3, 0.4) is 0 Å². The van der Waals surface area contributed by atoms with Gasteiger partial charge in [0.25, 0.3) is 0 Å². The van der Waals surface area contributed by atoms with E-state index in [9.17, 15) is 14.7 Å². The van der Waals surface area contributed by atoms with E-state index >= 15 is 0 Å². The van der Waals surface area contributed by atoms with Crippen LogP contribution in [0.25, 0.3) is 0 Å². The molecule has 0 radical (unpaired) electrons. The molecule has 0 spiro atoms. The van der Waals surface area contributed by atoms with Crippen molar-refractivity contribution in [1.82, 2.24) is 19.8 Å². The Labute approximate surface area is 203 Å². The van der Waals surface area contributed by atoms with Gasteiger partial charge in [-0.25, -0.2) is 14.8 Å². The van der Waals surface area contributed by atoms with Gasteiger partial charge in [-0.05, 0) is 37.5 Å². The molecule has 2 amide bonds. The molecule has 0 saturated carbocycles. The third-order valence-corrected chi connectivity index (χ3v) is 7.06. The Kier molecular flexibility index (Phi) is 7.17. The zero-order chi connectivity index (χ0) is 24.2. The number of hydrogen-bond donors (Lipinski definition) is 1. The van der Waals surface area contributed by atoms with E-state index in [-0.39, 0.29) is 29.5 Å². The Morgan fingerprint density at radius 1 is 1.18 bits per heavy atom. The summed E-state index contributed by atoms with van der Waals surface area (Å²) in [6.07, 6.45) is 3.44. The lowest BCUT2D eigenvalue weighted by atomic mass is 9.93. The van der Waals surface area contributed by atoms with Gasteiger partial charge in [-0.1, -0.05) is 23.7 Å². The summed E-state index contributed by atoms with van der Waals surface area (Å²) in [5.74, 6) is 0.556. The quantitative estimate of drug-likeness (QED) is 0.695. The van der Waals surface area contributed by atoms with Crippen LogP contribution >= 0.6 is 11.6 Å². The summed E-state index contributed by atoms with van der Waals surface area (Å²) in [5, 5.41) is 19.3. The largest absolute Gasteiger partial charge is 0.465 e. The zero-order valence-electron chi connectivity index (χ0n) is 19.0. The first-order chi connectivity index (χ1) is 16.4. The zero-order valence-corrected chi connectivity index (χ0v) is 19.7. The van der Waals surface area contributed by atoms with Crippen LogP contribution in [0.2, 0.25) is 5.02 Å². The van der Waals surface area contributed by atoms with Gasteiger partial charge in [-0.3, -0.25) is 4.79 Å². The van der Waals surface area contributed by atoms with Gasteiger partial charge < -0.3 is 19.8 Å². The van der Waals surface area contributed by atoms with Gasteiger partial charge >= 0.3 is 6.09 Å². The number of piperidine rings is 1. The van der Waals surface area contributed by atoms with Crippen LogP contribution in [0.1, 0.15) is 36.9 Å². The predicted octanol–water partition coefficient (Wildman–Crippen LogP) is 3.21. The van der Waals surface area contributed by atoms with Crippen molar-refractivity contribution in [3.8, 4) is 6.07 Å². The summed E-state index contributed by atoms with van der Waals surface area (Å²) >= 11 is 6.05. The van der Waals surface area contributed by atoms with E-state index in [1.807, 2.05) is 30.0 Å². The maximum absolute atomic E-state index is 13.4. The average Bonchev–Trinajstić information content (AvgIpc) is 3.29. The van der Waals surface area contributed by atoms with Gasteiger partial charge in [0.1, 0.15) is 11.9 Å². The van der Waals surface area contributed by atoms with Crippen molar-refractivity contribution in [3.63, 3.8) is 0 Å². The van der Waals surface area contributed by atoms with Crippen LogP contribution in [0.15, 0.2) is 36.7 Å². The Morgan fingerprint density at radius 3 is 2.44 bits per heavy atom. The fourth-order valence-corrected chi connectivity index (χ4v) is 5.11. The second kappa shape index (κ2) is 10.3. The lowest BCUT2D eigenvalue weighted by Crippen LogP contribution is -2.45. The molecule has 10 heteroatoms. The molecule has 178 valence electrons. The molecule has 2 atom stereocenters. The molecule has 0 unspecified atom stereocenters. The normalized spacial score (nSPS) is 20.7. The molecular weight excluding hydrogens is 456 g/mol. The molecule has 1 N–H and O–H groups in total. The van der Waals surface area contributed by atoms with E-state index in [2.05, 4.69) is 14.9 Å². The Balaban J connectivity index is 1.44. The van der Waals surface area contributed by atoms with Gasteiger partial charge in [0.15, 0.2) is 5.69 Å². The van der Waals surface area contributed by atoms with E-state index < -0.39 is 6.09 Å². The third-order valence-electron chi connectivity index (χ3n) is 6.81. The maximum atomic E-state index is 13.4. The standard InChI is InChI=1S/C24H27ClN6O3/c1-2-31(24(33)34)21-15-30(14-20(21)16-3-5-18(25)6-4-16)23(32)17-7-9-29(10-8-17)22-13-27-19(11-26)12-28-22/h3-6,12-13,17,20-21H,2,7-10,14-15H2,1H3,(H,33,34)/t20-,21+/m1/s1. The second-order valence-corrected chi connectivity index (χ2v) is 9.11. The molecule has 9 nitrogen and oxygen atoms in total. The maximum Gasteiger partial charge on any atom is 0.407 e. The first-order valence-corrected chi connectivity index (χ1v) is 11.8. The fourth-order valence-electron chi connectivity index (χ4n) is 4.99. The first-order valence-electron chi connectivity index (χ1n) is 11.4. The Morgan fingerprint density at radius 2 is 1.88 bits per heavy atom. The van der Waals surface area contributed by atoms with Crippen LogP contribution in [0.4, 0.5) is 10.6 Å². The summed E-state index contributed by atoms with van der Waals surface area (Å²) < 4.78 is 0. The van der Waals surface area contributed by atoms with E-state index in [1.165, 1.54) is 11.1 Å². The number of carbonyl (C=O) groups is 2. The van der Waals surface area contributed by atoms with Gasteiger partial charge in [0.05, 0.1) is 18.4 Å². The minimum Gasteiger partial charge on any atom is -0.465 e. The number of aromatic nitrogens is 2. The molecular formula is C24H27ClN6O3. The summed E-state index contributed by atoms with van der Waals surface area (Å²) in [6.45, 7) is 4.38. The second-order valence-electron chi connectivity index (χ2n) is 8.67.